The van der Waals surface area contributed by atoms with E-state index < -0.39 is 12.6 Å². The lowest BCUT2D eigenvalue weighted by Gasteiger charge is -2.15. The van der Waals surface area contributed by atoms with E-state index in [1.165, 1.54) is 25.7 Å². The molecule has 0 N–H and O–H groups in total. The van der Waals surface area contributed by atoms with Crippen molar-refractivity contribution in [2.24, 2.45) is 0 Å². The number of hydrogen-bond acceptors (Lipinski definition) is 3. The Balaban J connectivity index is 3.54. The number of carbonyl (C=O) groups excluding carboxylic acids is 1. The van der Waals surface area contributed by atoms with Gasteiger partial charge in [0.1, 0.15) is 6.61 Å². The second-order valence-corrected chi connectivity index (χ2v) is 6.63. The monoisotopic (exact) mass is 368 g/mol. The third kappa shape index (κ3) is 17.8. The van der Waals surface area contributed by atoms with Crippen molar-refractivity contribution < 1.29 is 27.4 Å². The molecule has 0 aliphatic heterocycles. The zero-order valence-corrected chi connectivity index (χ0v) is 15.8. The van der Waals surface area contributed by atoms with Gasteiger partial charge in [-0.05, 0) is 19.3 Å². The lowest BCUT2D eigenvalue weighted by molar-refractivity contribution is -0.147. The summed E-state index contributed by atoms with van der Waals surface area (Å²) in [5, 5.41) is 0. The highest BCUT2D eigenvalue weighted by molar-refractivity contribution is 5.69. The summed E-state index contributed by atoms with van der Waals surface area (Å²) in [6.45, 7) is 2.47. The van der Waals surface area contributed by atoms with Crippen LogP contribution in [0, 0.1) is 0 Å². The summed E-state index contributed by atoms with van der Waals surface area (Å²) in [5.74, 6) is -0.247. The third-order valence-electron chi connectivity index (χ3n) is 4.23. The standard InChI is InChI=1S/C19H35F3O3/c1-3-4-5-7-10-13-17(24-2)16-25-18(23)14-11-8-6-9-12-15-19(20,21)22/h17H,3-16H2,1-2H3. The van der Waals surface area contributed by atoms with E-state index in [0.29, 0.717) is 19.3 Å². The molecule has 0 bridgehead atoms. The first-order valence-electron chi connectivity index (χ1n) is 9.64. The summed E-state index contributed by atoms with van der Waals surface area (Å²) >= 11 is 0. The number of carbonyl (C=O) groups is 1. The van der Waals surface area contributed by atoms with Crippen LogP contribution in [0.4, 0.5) is 13.2 Å². The molecule has 0 amide bonds. The summed E-state index contributed by atoms with van der Waals surface area (Å²) < 4.78 is 46.5. The fraction of sp³-hybridized carbons (Fsp3) is 0.947. The predicted octanol–water partition coefficient (Wildman–Crippen LogP) is 6.20. The van der Waals surface area contributed by atoms with E-state index in [4.69, 9.17) is 9.47 Å². The average molecular weight is 368 g/mol. The lowest BCUT2D eigenvalue weighted by Crippen LogP contribution is -2.20. The Bertz CT molecular complexity index is 320. The van der Waals surface area contributed by atoms with Crippen molar-refractivity contribution in [3.8, 4) is 0 Å². The molecule has 0 radical (unpaired) electrons. The maximum absolute atomic E-state index is 12.0. The molecule has 1 unspecified atom stereocenters. The number of methoxy groups -OCH3 is 1. The van der Waals surface area contributed by atoms with Crippen LogP contribution in [0.15, 0.2) is 0 Å². The molecule has 0 aromatic heterocycles. The largest absolute Gasteiger partial charge is 0.463 e. The molecule has 1 atom stereocenters. The molecule has 0 heterocycles. The van der Waals surface area contributed by atoms with Gasteiger partial charge in [-0.1, -0.05) is 58.3 Å². The molecular formula is C19H35F3O3. The smallest absolute Gasteiger partial charge is 0.389 e. The Morgan fingerprint density at radius 2 is 1.52 bits per heavy atom. The van der Waals surface area contributed by atoms with Crippen LogP contribution in [0.3, 0.4) is 0 Å². The minimum atomic E-state index is -4.06. The van der Waals surface area contributed by atoms with Crippen LogP contribution in [0.5, 0.6) is 0 Å². The van der Waals surface area contributed by atoms with Gasteiger partial charge in [-0.25, -0.2) is 0 Å². The first-order valence-corrected chi connectivity index (χ1v) is 9.64. The summed E-state index contributed by atoms with van der Waals surface area (Å²) in [6.07, 6.45) is 5.23. The molecule has 3 nitrogen and oxygen atoms in total. The van der Waals surface area contributed by atoms with Crippen LogP contribution in [-0.2, 0) is 14.3 Å². The molecule has 25 heavy (non-hydrogen) atoms. The van der Waals surface area contributed by atoms with Crippen molar-refractivity contribution in [2.45, 2.75) is 103 Å². The maximum Gasteiger partial charge on any atom is 0.389 e. The molecule has 0 fully saturated rings. The van der Waals surface area contributed by atoms with Crippen LogP contribution in [-0.4, -0.2) is 32.0 Å². The molecule has 0 rings (SSSR count). The van der Waals surface area contributed by atoms with Gasteiger partial charge in [0.25, 0.3) is 0 Å². The highest BCUT2D eigenvalue weighted by Gasteiger charge is 2.25. The van der Waals surface area contributed by atoms with Crippen LogP contribution >= 0.6 is 0 Å². The Morgan fingerprint density at radius 1 is 0.920 bits per heavy atom. The number of halogens is 3. The number of ether oxygens (including phenoxy) is 2. The fourth-order valence-corrected chi connectivity index (χ4v) is 2.63. The number of hydrogen-bond donors (Lipinski definition) is 0. The minimum absolute atomic E-state index is 0.0482. The molecule has 0 saturated carbocycles. The second-order valence-electron chi connectivity index (χ2n) is 6.63. The third-order valence-corrected chi connectivity index (χ3v) is 4.23. The zero-order chi connectivity index (χ0) is 19.0. The van der Waals surface area contributed by atoms with Crippen LogP contribution < -0.4 is 0 Å². The molecule has 0 saturated heterocycles. The van der Waals surface area contributed by atoms with Gasteiger partial charge in [-0.15, -0.1) is 0 Å². The van der Waals surface area contributed by atoms with Gasteiger partial charge in [0, 0.05) is 20.0 Å². The molecule has 0 spiro atoms. The van der Waals surface area contributed by atoms with Gasteiger partial charge >= 0.3 is 12.1 Å². The van der Waals surface area contributed by atoms with Gasteiger partial charge in [0.2, 0.25) is 0 Å². The van der Waals surface area contributed by atoms with E-state index >= 15 is 0 Å². The van der Waals surface area contributed by atoms with Crippen molar-refractivity contribution in [1.82, 2.24) is 0 Å². The summed E-state index contributed by atoms with van der Waals surface area (Å²) in [4.78, 5) is 11.7. The Hall–Kier alpha value is -0.780. The Kier molecular flexibility index (Phi) is 15.0. The molecule has 0 aromatic rings. The van der Waals surface area contributed by atoms with Gasteiger partial charge in [-0.2, -0.15) is 13.2 Å². The predicted molar refractivity (Wildman–Crippen MR) is 93.5 cm³/mol. The summed E-state index contributed by atoms with van der Waals surface area (Å²) in [5.41, 5.74) is 0. The number of alkyl halides is 3. The highest BCUT2D eigenvalue weighted by Crippen LogP contribution is 2.23. The van der Waals surface area contributed by atoms with Crippen molar-refractivity contribution in [3.63, 3.8) is 0 Å². The molecule has 150 valence electrons. The van der Waals surface area contributed by atoms with Gasteiger partial charge in [0.05, 0.1) is 6.10 Å². The summed E-state index contributed by atoms with van der Waals surface area (Å²) in [7, 11) is 1.63. The normalized spacial score (nSPS) is 13.0. The number of esters is 1. The SMILES string of the molecule is CCCCCCCC(COC(=O)CCCCCCCC(F)(F)F)OC. The van der Waals surface area contributed by atoms with E-state index in [1.54, 1.807) is 7.11 Å². The Labute approximate surface area is 150 Å². The van der Waals surface area contributed by atoms with Crippen LogP contribution in [0.1, 0.15) is 90.4 Å². The molecule has 6 heteroatoms. The van der Waals surface area contributed by atoms with E-state index in [9.17, 15) is 18.0 Å². The number of rotatable bonds is 16. The van der Waals surface area contributed by atoms with Crippen LogP contribution in [0.2, 0.25) is 0 Å². The molecule has 0 aliphatic carbocycles. The van der Waals surface area contributed by atoms with Crippen LogP contribution in [0.25, 0.3) is 0 Å². The summed E-state index contributed by atoms with van der Waals surface area (Å²) in [6, 6.07) is 0. The van der Waals surface area contributed by atoms with E-state index in [1.807, 2.05) is 0 Å². The van der Waals surface area contributed by atoms with Crippen molar-refractivity contribution >= 4 is 5.97 Å². The zero-order valence-electron chi connectivity index (χ0n) is 15.8. The van der Waals surface area contributed by atoms with E-state index in [-0.39, 0.29) is 25.1 Å². The van der Waals surface area contributed by atoms with Crippen molar-refractivity contribution in [2.75, 3.05) is 13.7 Å². The second kappa shape index (κ2) is 15.5. The molecule has 0 aromatic carbocycles. The van der Waals surface area contributed by atoms with E-state index in [2.05, 4.69) is 6.92 Å². The van der Waals surface area contributed by atoms with Crippen molar-refractivity contribution in [3.05, 3.63) is 0 Å². The molecule has 0 aliphatic rings. The van der Waals surface area contributed by atoms with Crippen molar-refractivity contribution in [1.29, 1.82) is 0 Å². The van der Waals surface area contributed by atoms with Gasteiger partial charge in [0.15, 0.2) is 0 Å². The first kappa shape index (κ1) is 24.2. The first-order chi connectivity index (χ1) is 11.9. The van der Waals surface area contributed by atoms with E-state index in [0.717, 1.165) is 25.7 Å². The Morgan fingerprint density at radius 3 is 2.16 bits per heavy atom. The average Bonchev–Trinajstić information content (AvgIpc) is 2.55. The highest BCUT2D eigenvalue weighted by atomic mass is 19.4. The quantitative estimate of drug-likeness (QED) is 0.240. The fourth-order valence-electron chi connectivity index (χ4n) is 2.63. The van der Waals surface area contributed by atoms with Gasteiger partial charge < -0.3 is 9.47 Å². The minimum Gasteiger partial charge on any atom is -0.463 e. The number of unbranched alkanes of at least 4 members (excludes halogenated alkanes) is 8. The van der Waals surface area contributed by atoms with Gasteiger partial charge in [-0.3, -0.25) is 4.79 Å². The topological polar surface area (TPSA) is 35.5 Å². The lowest BCUT2D eigenvalue weighted by atomic mass is 10.1. The molecular weight excluding hydrogens is 333 g/mol. The maximum atomic E-state index is 12.0.